The molecule has 0 aliphatic heterocycles. The molecule has 9 heteroatoms. The second kappa shape index (κ2) is 9.14. The van der Waals surface area contributed by atoms with E-state index in [-0.39, 0.29) is 30.5 Å². The molecule has 0 aliphatic carbocycles. The van der Waals surface area contributed by atoms with Crippen molar-refractivity contribution < 1.29 is 18.8 Å². The number of thiazole rings is 1. The molecule has 2 rings (SSSR count). The highest BCUT2D eigenvalue weighted by Crippen LogP contribution is 2.17. The van der Waals surface area contributed by atoms with Crippen LogP contribution in [0.1, 0.15) is 30.1 Å². The molecule has 3 amide bonds. The van der Waals surface area contributed by atoms with E-state index in [1.165, 1.54) is 22.5 Å². The minimum absolute atomic E-state index is 0.0345. The molecule has 0 spiro atoms. The Morgan fingerprint density at radius 2 is 1.96 bits per heavy atom. The zero-order valence-corrected chi connectivity index (χ0v) is 15.8. The van der Waals surface area contributed by atoms with Crippen LogP contribution in [0, 0.1) is 0 Å². The van der Waals surface area contributed by atoms with Gasteiger partial charge < -0.3 is 14.2 Å². The number of carbonyl (C=O) groups excluding carboxylic acids is 3. The van der Waals surface area contributed by atoms with Crippen LogP contribution in [0.5, 0.6) is 0 Å². The summed E-state index contributed by atoms with van der Waals surface area (Å²) in [4.78, 5) is 43.6. The maximum Gasteiger partial charge on any atom is 0.293 e. The van der Waals surface area contributed by atoms with Crippen molar-refractivity contribution in [2.45, 2.75) is 20.3 Å². The molecule has 0 atom stereocenters. The number of rotatable bonds is 8. The Hall–Kier alpha value is -2.68. The number of hydrogen-bond donors (Lipinski definition) is 1. The summed E-state index contributed by atoms with van der Waals surface area (Å²) in [6.45, 7) is 5.06. The first-order valence-corrected chi connectivity index (χ1v) is 9.13. The predicted octanol–water partition coefficient (Wildman–Crippen LogP) is 1.86. The lowest BCUT2D eigenvalue weighted by Crippen LogP contribution is -2.41. The van der Waals surface area contributed by atoms with Crippen molar-refractivity contribution in [1.29, 1.82) is 0 Å². The number of furan rings is 1. The fraction of sp³-hybridized carbons (Fsp3) is 0.412. The van der Waals surface area contributed by atoms with Gasteiger partial charge in [0.2, 0.25) is 11.8 Å². The van der Waals surface area contributed by atoms with Crippen molar-refractivity contribution >= 4 is 34.2 Å². The van der Waals surface area contributed by atoms with Gasteiger partial charge in [-0.3, -0.25) is 19.7 Å². The van der Waals surface area contributed by atoms with Gasteiger partial charge in [0.15, 0.2) is 10.9 Å². The van der Waals surface area contributed by atoms with E-state index in [1.54, 1.807) is 29.5 Å². The average Bonchev–Trinajstić information content (AvgIpc) is 3.28. The summed E-state index contributed by atoms with van der Waals surface area (Å²) < 4.78 is 5.01. The van der Waals surface area contributed by atoms with Crippen molar-refractivity contribution in [3.63, 3.8) is 0 Å². The van der Waals surface area contributed by atoms with E-state index >= 15 is 0 Å². The zero-order chi connectivity index (χ0) is 19.1. The summed E-state index contributed by atoms with van der Waals surface area (Å²) in [5.74, 6) is -0.508. The highest BCUT2D eigenvalue weighted by molar-refractivity contribution is 7.14. The lowest BCUT2D eigenvalue weighted by molar-refractivity contribution is -0.138. The van der Waals surface area contributed by atoms with Crippen LogP contribution in [0.15, 0.2) is 28.2 Å². The quantitative estimate of drug-likeness (QED) is 0.756. The van der Waals surface area contributed by atoms with Crippen molar-refractivity contribution in [3.8, 4) is 0 Å². The van der Waals surface area contributed by atoms with Gasteiger partial charge in [-0.05, 0) is 26.0 Å². The van der Waals surface area contributed by atoms with Gasteiger partial charge in [0.05, 0.1) is 24.9 Å². The molecular weight excluding hydrogens is 356 g/mol. The maximum absolute atomic E-state index is 12.3. The topological polar surface area (TPSA) is 95.8 Å². The largest absolute Gasteiger partial charge is 0.459 e. The smallest absolute Gasteiger partial charge is 0.293 e. The summed E-state index contributed by atoms with van der Waals surface area (Å²) in [5.41, 5.74) is 0.539. The van der Waals surface area contributed by atoms with Gasteiger partial charge in [-0.2, -0.15) is 0 Å². The van der Waals surface area contributed by atoms with E-state index in [4.69, 9.17) is 4.42 Å². The summed E-state index contributed by atoms with van der Waals surface area (Å²) >= 11 is 1.22. The number of amides is 3. The summed E-state index contributed by atoms with van der Waals surface area (Å²) in [7, 11) is 1.59. The first-order valence-electron chi connectivity index (χ1n) is 8.25. The molecule has 26 heavy (non-hydrogen) atoms. The van der Waals surface area contributed by atoms with Crippen LogP contribution in [0.3, 0.4) is 0 Å². The molecule has 1 N–H and O–H groups in total. The second-order valence-electron chi connectivity index (χ2n) is 5.57. The molecule has 2 heterocycles. The van der Waals surface area contributed by atoms with E-state index in [1.807, 2.05) is 13.8 Å². The molecular formula is C17H22N4O4S. The van der Waals surface area contributed by atoms with E-state index in [0.717, 1.165) is 0 Å². The Labute approximate surface area is 155 Å². The minimum atomic E-state index is -0.399. The van der Waals surface area contributed by atoms with E-state index in [0.29, 0.717) is 23.9 Å². The number of hydrogen-bond acceptors (Lipinski definition) is 6. The van der Waals surface area contributed by atoms with Gasteiger partial charge in [0.1, 0.15) is 0 Å². The fourth-order valence-electron chi connectivity index (χ4n) is 2.27. The van der Waals surface area contributed by atoms with E-state index < -0.39 is 5.91 Å². The molecule has 0 saturated carbocycles. The van der Waals surface area contributed by atoms with Crippen LogP contribution in [-0.2, 0) is 16.0 Å². The first-order chi connectivity index (χ1) is 12.4. The fourth-order valence-corrected chi connectivity index (χ4v) is 2.97. The summed E-state index contributed by atoms with van der Waals surface area (Å²) in [6.07, 6.45) is 1.48. The first kappa shape index (κ1) is 19.6. The molecule has 2 aromatic heterocycles. The van der Waals surface area contributed by atoms with Gasteiger partial charge in [-0.25, -0.2) is 4.98 Å². The lowest BCUT2D eigenvalue weighted by atomic mass is 10.3. The molecule has 0 aliphatic rings. The van der Waals surface area contributed by atoms with Gasteiger partial charge in [0.25, 0.3) is 5.91 Å². The Balaban J connectivity index is 1.88. The molecule has 140 valence electrons. The Bertz CT molecular complexity index is 753. The third-order valence-electron chi connectivity index (χ3n) is 3.76. The Morgan fingerprint density at radius 1 is 1.23 bits per heavy atom. The van der Waals surface area contributed by atoms with Crippen LogP contribution in [0.25, 0.3) is 0 Å². The van der Waals surface area contributed by atoms with Gasteiger partial charge in [-0.1, -0.05) is 0 Å². The third-order valence-corrected chi connectivity index (χ3v) is 4.57. The predicted molar refractivity (Wildman–Crippen MR) is 98.0 cm³/mol. The Kier molecular flexibility index (Phi) is 6.90. The van der Waals surface area contributed by atoms with Crippen molar-refractivity contribution in [1.82, 2.24) is 14.8 Å². The molecule has 0 aromatic carbocycles. The third kappa shape index (κ3) is 5.16. The highest BCUT2D eigenvalue weighted by Gasteiger charge is 2.18. The van der Waals surface area contributed by atoms with Crippen molar-refractivity contribution in [2.75, 3.05) is 32.0 Å². The van der Waals surface area contributed by atoms with Gasteiger partial charge in [0, 0.05) is 25.5 Å². The number of nitrogens with zero attached hydrogens (tertiary/aromatic N) is 3. The maximum atomic E-state index is 12.3. The molecule has 0 saturated heterocycles. The number of aromatic nitrogens is 1. The highest BCUT2D eigenvalue weighted by atomic mass is 32.1. The number of nitrogens with one attached hydrogen (secondary N) is 1. The monoisotopic (exact) mass is 378 g/mol. The van der Waals surface area contributed by atoms with Crippen LogP contribution < -0.4 is 5.32 Å². The van der Waals surface area contributed by atoms with Gasteiger partial charge >= 0.3 is 0 Å². The zero-order valence-electron chi connectivity index (χ0n) is 15.0. The molecule has 0 fully saturated rings. The van der Waals surface area contributed by atoms with Gasteiger partial charge in [-0.15, -0.1) is 11.3 Å². The molecule has 2 aromatic rings. The lowest BCUT2D eigenvalue weighted by Gasteiger charge is -2.23. The summed E-state index contributed by atoms with van der Waals surface area (Å²) in [6, 6.07) is 3.17. The molecule has 0 unspecified atom stereocenters. The van der Waals surface area contributed by atoms with Crippen LogP contribution in [0.2, 0.25) is 0 Å². The van der Waals surface area contributed by atoms with Crippen LogP contribution in [-0.4, -0.2) is 59.2 Å². The van der Waals surface area contributed by atoms with E-state index in [9.17, 15) is 14.4 Å². The average molecular weight is 378 g/mol. The second-order valence-corrected chi connectivity index (χ2v) is 6.43. The molecule has 0 radical (unpaired) electrons. The summed E-state index contributed by atoms with van der Waals surface area (Å²) in [5, 5.41) is 4.71. The van der Waals surface area contributed by atoms with E-state index in [2.05, 4.69) is 10.3 Å². The number of carbonyl (C=O) groups is 3. The van der Waals surface area contributed by atoms with Crippen LogP contribution in [0.4, 0.5) is 5.13 Å². The minimum Gasteiger partial charge on any atom is -0.459 e. The Morgan fingerprint density at radius 3 is 2.58 bits per heavy atom. The molecule has 0 bridgehead atoms. The number of anilines is 1. The molecule has 8 nitrogen and oxygen atoms in total. The normalized spacial score (nSPS) is 10.4. The number of likely N-dealkylation sites (N-methyl/N-ethyl adjacent to an activating group) is 2. The SMILES string of the molecule is CCN(CC)C(=O)CN(C)C(=O)Cc1csc(NC(=O)c2ccco2)n1. The van der Waals surface area contributed by atoms with Crippen molar-refractivity contribution in [2.24, 2.45) is 0 Å². The standard InChI is InChI=1S/C17H22N4O4S/c1-4-21(5-2)15(23)10-20(3)14(22)9-12-11-26-17(18-12)19-16(24)13-7-6-8-25-13/h6-8,11H,4-5,9-10H2,1-3H3,(H,18,19,24). The van der Waals surface area contributed by atoms with Crippen LogP contribution >= 0.6 is 11.3 Å². The van der Waals surface area contributed by atoms with Crippen molar-refractivity contribution in [3.05, 3.63) is 35.2 Å².